The molecule has 0 aromatic heterocycles. The summed E-state index contributed by atoms with van der Waals surface area (Å²) in [5, 5.41) is 0. The lowest BCUT2D eigenvalue weighted by molar-refractivity contribution is -0.0261. The average Bonchev–Trinajstić information content (AvgIpc) is 2.52. The van der Waals surface area contributed by atoms with Crippen molar-refractivity contribution in [3.8, 4) is 5.75 Å². The zero-order valence-electron chi connectivity index (χ0n) is 15.9. The highest BCUT2D eigenvalue weighted by Gasteiger charge is 2.54. The molecule has 1 aromatic carbocycles. The number of thioether (sulfide) groups is 1. The lowest BCUT2D eigenvalue weighted by atomic mass is 9.49. The molecule has 0 bridgehead atoms. The molecule has 1 aromatic rings. The van der Waals surface area contributed by atoms with E-state index in [2.05, 4.69) is 51.6 Å². The van der Waals surface area contributed by atoms with E-state index in [4.69, 9.17) is 4.74 Å². The monoisotopic (exact) mass is 344 g/mol. The number of benzene rings is 1. The van der Waals surface area contributed by atoms with Gasteiger partial charge in [-0.1, -0.05) is 27.2 Å². The van der Waals surface area contributed by atoms with Gasteiger partial charge in [0.2, 0.25) is 0 Å². The van der Waals surface area contributed by atoms with Gasteiger partial charge in [-0.25, -0.2) is 0 Å². The molecule has 1 aliphatic heterocycles. The molecule has 0 spiro atoms. The molecule has 1 nitrogen and oxygen atoms in total. The van der Waals surface area contributed by atoms with Crippen molar-refractivity contribution in [2.24, 2.45) is 23.2 Å². The van der Waals surface area contributed by atoms with Crippen molar-refractivity contribution in [1.82, 2.24) is 0 Å². The fraction of sp³-hybridized carbons (Fsp3) is 0.727. The summed E-state index contributed by atoms with van der Waals surface area (Å²) >= 11 is 2.09. The second kappa shape index (κ2) is 5.69. The third-order valence-corrected chi connectivity index (χ3v) is 8.85. The highest BCUT2D eigenvalue weighted by atomic mass is 32.2. The molecule has 2 saturated carbocycles. The zero-order chi connectivity index (χ0) is 17.1. The van der Waals surface area contributed by atoms with E-state index in [0.717, 1.165) is 23.5 Å². The first-order valence-electron chi connectivity index (χ1n) is 9.69. The molecule has 0 saturated heterocycles. The van der Waals surface area contributed by atoms with Crippen LogP contribution in [0.1, 0.15) is 64.0 Å². The molecule has 2 fully saturated rings. The van der Waals surface area contributed by atoms with Crippen LogP contribution in [0.4, 0.5) is 0 Å². The van der Waals surface area contributed by atoms with E-state index in [9.17, 15) is 0 Å². The predicted molar refractivity (Wildman–Crippen MR) is 103 cm³/mol. The summed E-state index contributed by atoms with van der Waals surface area (Å²) in [7, 11) is 1.79. The quantitative estimate of drug-likeness (QED) is 0.598. The van der Waals surface area contributed by atoms with Gasteiger partial charge in [0.25, 0.3) is 0 Å². The van der Waals surface area contributed by atoms with Crippen LogP contribution < -0.4 is 4.74 Å². The van der Waals surface area contributed by atoms with Gasteiger partial charge < -0.3 is 4.74 Å². The van der Waals surface area contributed by atoms with E-state index in [1.807, 2.05) is 0 Å². The summed E-state index contributed by atoms with van der Waals surface area (Å²) in [5.74, 6) is 5.03. The predicted octanol–water partition coefficient (Wildman–Crippen LogP) is 6.22. The molecule has 2 aliphatic carbocycles. The molecule has 0 amide bonds. The molecule has 0 radical (unpaired) electrons. The second-order valence-corrected chi connectivity index (χ2v) is 10.4. The van der Waals surface area contributed by atoms with E-state index in [1.54, 1.807) is 12.7 Å². The topological polar surface area (TPSA) is 9.23 Å². The van der Waals surface area contributed by atoms with Crippen molar-refractivity contribution in [3.63, 3.8) is 0 Å². The van der Waals surface area contributed by atoms with Gasteiger partial charge >= 0.3 is 0 Å². The molecule has 0 N–H and O–H groups in total. The van der Waals surface area contributed by atoms with Crippen molar-refractivity contribution in [1.29, 1.82) is 0 Å². The van der Waals surface area contributed by atoms with Crippen molar-refractivity contribution in [2.45, 2.75) is 70.1 Å². The molecule has 4 atom stereocenters. The van der Waals surface area contributed by atoms with Crippen LogP contribution in [0.5, 0.6) is 5.75 Å². The third-order valence-electron chi connectivity index (χ3n) is 7.69. The third kappa shape index (κ3) is 2.35. The number of methoxy groups -OCH3 is 1. The molecule has 132 valence electrons. The van der Waals surface area contributed by atoms with Gasteiger partial charge in [-0.15, -0.1) is 11.8 Å². The summed E-state index contributed by atoms with van der Waals surface area (Å²) < 4.78 is 5.53. The average molecular weight is 345 g/mol. The van der Waals surface area contributed by atoms with Gasteiger partial charge in [0.15, 0.2) is 0 Å². The molecular weight excluding hydrogens is 312 g/mol. The Morgan fingerprint density at radius 1 is 1.08 bits per heavy atom. The Bertz CT molecular complexity index is 650. The summed E-state index contributed by atoms with van der Waals surface area (Å²) in [6, 6.07) is 4.54. The van der Waals surface area contributed by atoms with E-state index in [-0.39, 0.29) is 0 Å². The molecule has 2 heteroatoms. The maximum Gasteiger partial charge on any atom is 0.120 e. The molecule has 3 aliphatic rings. The van der Waals surface area contributed by atoms with E-state index < -0.39 is 0 Å². The van der Waals surface area contributed by atoms with Crippen molar-refractivity contribution >= 4 is 11.8 Å². The highest BCUT2D eigenvalue weighted by Crippen LogP contribution is 2.62. The Labute approximate surface area is 151 Å². The number of hydrogen-bond donors (Lipinski definition) is 0. The Balaban J connectivity index is 1.76. The van der Waals surface area contributed by atoms with Crippen LogP contribution in [0.15, 0.2) is 17.0 Å². The Morgan fingerprint density at radius 3 is 2.62 bits per heavy atom. The Kier molecular flexibility index (Phi) is 3.99. The molecule has 4 rings (SSSR count). The van der Waals surface area contributed by atoms with E-state index in [1.165, 1.54) is 48.3 Å². The fourth-order valence-corrected chi connectivity index (χ4v) is 8.16. The number of ether oxygens (including phenoxy) is 1. The molecule has 4 unspecified atom stereocenters. The van der Waals surface area contributed by atoms with Crippen LogP contribution in [0.3, 0.4) is 0 Å². The van der Waals surface area contributed by atoms with Crippen molar-refractivity contribution in [2.75, 3.05) is 12.9 Å². The van der Waals surface area contributed by atoms with E-state index >= 15 is 0 Å². The first-order chi connectivity index (χ1) is 11.4. The fourth-order valence-electron chi connectivity index (χ4n) is 6.44. The SMILES string of the molecule is COc1cc(C)c2c(c1)SCC1C3CCCC(C)(C)C3CCC21C. The Morgan fingerprint density at radius 2 is 1.88 bits per heavy atom. The van der Waals surface area contributed by atoms with E-state index in [0.29, 0.717) is 10.8 Å². The molecule has 24 heavy (non-hydrogen) atoms. The largest absolute Gasteiger partial charge is 0.497 e. The van der Waals surface area contributed by atoms with Crippen LogP contribution in [-0.4, -0.2) is 12.9 Å². The number of rotatable bonds is 1. The standard InChI is InChI=1S/C22H32OS/c1-14-11-15(23-5)12-19-20(14)22(4)10-8-17-16(18(22)13-24-19)7-6-9-21(17,2)3/h11-12,16-18H,6-10,13H2,1-5H3. The van der Waals surface area contributed by atoms with Gasteiger partial charge in [0.1, 0.15) is 5.75 Å². The van der Waals surface area contributed by atoms with Gasteiger partial charge in [-0.3, -0.25) is 0 Å². The van der Waals surface area contributed by atoms with Crippen LogP contribution in [-0.2, 0) is 5.41 Å². The van der Waals surface area contributed by atoms with Crippen LogP contribution >= 0.6 is 11.8 Å². The minimum Gasteiger partial charge on any atom is -0.497 e. The van der Waals surface area contributed by atoms with Crippen LogP contribution in [0.2, 0.25) is 0 Å². The maximum atomic E-state index is 5.53. The van der Waals surface area contributed by atoms with Crippen LogP contribution in [0, 0.1) is 30.1 Å². The van der Waals surface area contributed by atoms with Gasteiger partial charge in [0.05, 0.1) is 7.11 Å². The lowest BCUT2D eigenvalue weighted by Crippen LogP contribution is -2.52. The first kappa shape index (κ1) is 16.8. The van der Waals surface area contributed by atoms with Crippen molar-refractivity contribution < 1.29 is 4.74 Å². The maximum absolute atomic E-state index is 5.53. The number of aryl methyl sites for hydroxylation is 1. The Hall–Kier alpha value is -0.630. The highest BCUT2D eigenvalue weighted by molar-refractivity contribution is 7.99. The van der Waals surface area contributed by atoms with Gasteiger partial charge in [-0.05, 0) is 84.5 Å². The smallest absolute Gasteiger partial charge is 0.120 e. The summed E-state index contributed by atoms with van der Waals surface area (Å²) in [6.07, 6.45) is 7.10. The van der Waals surface area contributed by atoms with Gasteiger partial charge in [0, 0.05) is 10.6 Å². The number of fused-ring (bicyclic) bond motifs is 5. The molecular formula is C22H32OS. The lowest BCUT2D eigenvalue weighted by Gasteiger charge is -2.58. The van der Waals surface area contributed by atoms with Crippen molar-refractivity contribution in [3.05, 3.63) is 23.3 Å². The van der Waals surface area contributed by atoms with Gasteiger partial charge in [-0.2, -0.15) is 0 Å². The zero-order valence-corrected chi connectivity index (χ0v) is 16.8. The summed E-state index contributed by atoms with van der Waals surface area (Å²) in [5.41, 5.74) is 4.00. The second-order valence-electron chi connectivity index (χ2n) is 9.34. The molecule has 1 heterocycles. The first-order valence-corrected chi connectivity index (χ1v) is 10.7. The summed E-state index contributed by atoms with van der Waals surface area (Å²) in [6.45, 7) is 9.94. The number of hydrogen-bond acceptors (Lipinski definition) is 2. The minimum absolute atomic E-state index is 0.367. The van der Waals surface area contributed by atoms with Crippen LogP contribution in [0.25, 0.3) is 0 Å². The summed E-state index contributed by atoms with van der Waals surface area (Å²) in [4.78, 5) is 1.49. The normalized spacial score (nSPS) is 37.1. The minimum atomic E-state index is 0.367.